The Balaban J connectivity index is 2.05. The van der Waals surface area contributed by atoms with Gasteiger partial charge in [-0.15, -0.1) is 21.5 Å². The standard InChI is InChI=1S/C10H11N5S/c1-2-9-12-7(6-16-9)10-14-13-8-5-11-3-4-15(8)10/h2,6,11H,1,3-5H2. The van der Waals surface area contributed by atoms with E-state index in [0.29, 0.717) is 0 Å². The molecule has 0 aliphatic carbocycles. The van der Waals surface area contributed by atoms with Crippen molar-refractivity contribution < 1.29 is 0 Å². The molecule has 0 aromatic carbocycles. The first-order valence-electron chi connectivity index (χ1n) is 5.09. The van der Waals surface area contributed by atoms with E-state index >= 15 is 0 Å². The highest BCUT2D eigenvalue weighted by Gasteiger charge is 2.17. The van der Waals surface area contributed by atoms with Gasteiger partial charge in [0.25, 0.3) is 0 Å². The summed E-state index contributed by atoms with van der Waals surface area (Å²) in [6.07, 6.45) is 1.75. The Morgan fingerprint density at radius 1 is 1.50 bits per heavy atom. The van der Waals surface area contributed by atoms with Crippen LogP contribution >= 0.6 is 11.3 Å². The van der Waals surface area contributed by atoms with E-state index in [0.717, 1.165) is 42.0 Å². The molecule has 0 saturated carbocycles. The van der Waals surface area contributed by atoms with Crippen LogP contribution < -0.4 is 5.32 Å². The minimum Gasteiger partial charge on any atom is -0.308 e. The molecule has 82 valence electrons. The Morgan fingerprint density at radius 3 is 3.25 bits per heavy atom. The van der Waals surface area contributed by atoms with Gasteiger partial charge in [-0.05, 0) is 6.08 Å². The molecule has 0 fully saturated rings. The minimum atomic E-state index is 0.783. The number of nitrogens with zero attached hydrogens (tertiary/aromatic N) is 4. The average Bonchev–Trinajstić information content (AvgIpc) is 2.94. The monoisotopic (exact) mass is 233 g/mol. The summed E-state index contributed by atoms with van der Waals surface area (Å²) < 4.78 is 2.12. The third-order valence-electron chi connectivity index (χ3n) is 2.55. The zero-order chi connectivity index (χ0) is 11.0. The second kappa shape index (κ2) is 3.80. The predicted molar refractivity (Wildman–Crippen MR) is 62.9 cm³/mol. The zero-order valence-corrected chi connectivity index (χ0v) is 9.50. The third-order valence-corrected chi connectivity index (χ3v) is 3.39. The predicted octanol–water partition coefficient (Wildman–Crippen LogP) is 1.15. The van der Waals surface area contributed by atoms with Crippen molar-refractivity contribution in [1.29, 1.82) is 0 Å². The Hall–Kier alpha value is -1.53. The highest BCUT2D eigenvalue weighted by atomic mass is 32.1. The Morgan fingerprint density at radius 2 is 2.44 bits per heavy atom. The van der Waals surface area contributed by atoms with Gasteiger partial charge in [0.2, 0.25) is 0 Å². The molecule has 3 rings (SSSR count). The van der Waals surface area contributed by atoms with Gasteiger partial charge in [-0.3, -0.25) is 0 Å². The first-order valence-corrected chi connectivity index (χ1v) is 5.97. The lowest BCUT2D eigenvalue weighted by molar-refractivity contribution is 0.508. The number of hydrogen-bond acceptors (Lipinski definition) is 5. The average molecular weight is 233 g/mol. The number of hydrogen-bond donors (Lipinski definition) is 1. The second-order valence-corrected chi connectivity index (χ2v) is 4.43. The van der Waals surface area contributed by atoms with Crippen LogP contribution in [-0.2, 0) is 13.1 Å². The normalized spacial score (nSPS) is 14.8. The molecule has 0 atom stereocenters. The van der Waals surface area contributed by atoms with E-state index in [1.807, 2.05) is 5.38 Å². The molecule has 0 unspecified atom stereocenters. The third kappa shape index (κ3) is 1.46. The summed E-state index contributed by atoms with van der Waals surface area (Å²) in [6, 6.07) is 0. The summed E-state index contributed by atoms with van der Waals surface area (Å²) in [5.74, 6) is 1.84. The molecule has 0 saturated heterocycles. The maximum absolute atomic E-state index is 4.44. The van der Waals surface area contributed by atoms with Crippen molar-refractivity contribution in [3.63, 3.8) is 0 Å². The maximum atomic E-state index is 4.44. The van der Waals surface area contributed by atoms with Crippen molar-refractivity contribution in [2.24, 2.45) is 0 Å². The zero-order valence-electron chi connectivity index (χ0n) is 8.68. The highest BCUT2D eigenvalue weighted by molar-refractivity contribution is 7.10. The number of fused-ring (bicyclic) bond motifs is 1. The smallest absolute Gasteiger partial charge is 0.183 e. The van der Waals surface area contributed by atoms with Gasteiger partial charge < -0.3 is 9.88 Å². The van der Waals surface area contributed by atoms with E-state index in [-0.39, 0.29) is 0 Å². The molecule has 2 aromatic heterocycles. The minimum absolute atomic E-state index is 0.783. The van der Waals surface area contributed by atoms with Crippen LogP contribution in [0.3, 0.4) is 0 Å². The fourth-order valence-corrected chi connectivity index (χ4v) is 2.40. The first-order chi connectivity index (χ1) is 7.88. The van der Waals surface area contributed by atoms with Gasteiger partial charge >= 0.3 is 0 Å². The summed E-state index contributed by atoms with van der Waals surface area (Å²) in [7, 11) is 0. The van der Waals surface area contributed by atoms with E-state index in [2.05, 4.69) is 31.6 Å². The van der Waals surface area contributed by atoms with Crippen LogP contribution in [0.4, 0.5) is 0 Å². The molecule has 0 bridgehead atoms. The van der Waals surface area contributed by atoms with Crippen LogP contribution in [0, 0.1) is 0 Å². The molecule has 0 spiro atoms. The number of thiazole rings is 1. The Labute approximate surface area is 96.9 Å². The van der Waals surface area contributed by atoms with E-state index in [1.54, 1.807) is 17.4 Å². The molecular weight excluding hydrogens is 222 g/mol. The van der Waals surface area contributed by atoms with Crippen LogP contribution in [0.1, 0.15) is 10.8 Å². The van der Waals surface area contributed by atoms with E-state index < -0.39 is 0 Å². The molecule has 3 heterocycles. The van der Waals surface area contributed by atoms with Crippen molar-refractivity contribution in [2.45, 2.75) is 13.1 Å². The van der Waals surface area contributed by atoms with Gasteiger partial charge in [0.15, 0.2) is 5.82 Å². The summed E-state index contributed by atoms with van der Waals surface area (Å²) in [4.78, 5) is 4.44. The molecular formula is C10H11N5S. The Bertz CT molecular complexity index is 527. The van der Waals surface area contributed by atoms with Crippen LogP contribution in [0.25, 0.3) is 17.6 Å². The SMILES string of the molecule is C=Cc1nc(-c2nnc3n2CCNC3)cs1. The van der Waals surface area contributed by atoms with E-state index in [1.165, 1.54) is 0 Å². The van der Waals surface area contributed by atoms with Crippen LogP contribution in [0.5, 0.6) is 0 Å². The molecule has 6 heteroatoms. The van der Waals surface area contributed by atoms with Gasteiger partial charge in [0.1, 0.15) is 16.5 Å². The number of nitrogens with one attached hydrogen (secondary N) is 1. The maximum Gasteiger partial charge on any atom is 0.183 e. The lowest BCUT2D eigenvalue weighted by Crippen LogP contribution is -2.28. The summed E-state index contributed by atoms with van der Waals surface area (Å²) in [6.45, 7) is 6.35. The van der Waals surface area contributed by atoms with Gasteiger partial charge in [0, 0.05) is 18.5 Å². The van der Waals surface area contributed by atoms with Crippen molar-refractivity contribution in [2.75, 3.05) is 6.54 Å². The highest BCUT2D eigenvalue weighted by Crippen LogP contribution is 2.22. The van der Waals surface area contributed by atoms with Crippen molar-refractivity contribution in [3.05, 3.63) is 22.8 Å². The number of rotatable bonds is 2. The molecule has 1 N–H and O–H groups in total. The Kier molecular flexibility index (Phi) is 2.30. The molecule has 0 amide bonds. The topological polar surface area (TPSA) is 55.6 Å². The van der Waals surface area contributed by atoms with Crippen molar-refractivity contribution in [3.8, 4) is 11.5 Å². The molecule has 2 aromatic rings. The van der Waals surface area contributed by atoms with E-state index in [9.17, 15) is 0 Å². The largest absolute Gasteiger partial charge is 0.308 e. The van der Waals surface area contributed by atoms with Gasteiger partial charge in [-0.2, -0.15) is 0 Å². The fourth-order valence-electron chi connectivity index (χ4n) is 1.77. The first kappa shape index (κ1) is 9.68. The molecule has 1 aliphatic rings. The molecule has 16 heavy (non-hydrogen) atoms. The van der Waals surface area contributed by atoms with Crippen LogP contribution in [0.2, 0.25) is 0 Å². The molecule has 1 aliphatic heterocycles. The quantitative estimate of drug-likeness (QED) is 0.845. The lowest BCUT2D eigenvalue weighted by Gasteiger charge is -2.15. The molecule has 0 radical (unpaired) electrons. The van der Waals surface area contributed by atoms with Gasteiger partial charge in [-0.25, -0.2) is 4.98 Å². The second-order valence-electron chi connectivity index (χ2n) is 3.54. The fraction of sp³-hybridized carbons (Fsp3) is 0.300. The summed E-state index contributed by atoms with van der Waals surface area (Å²) in [5.41, 5.74) is 0.889. The summed E-state index contributed by atoms with van der Waals surface area (Å²) in [5, 5.41) is 14.5. The van der Waals surface area contributed by atoms with Gasteiger partial charge in [0.05, 0.1) is 6.54 Å². The van der Waals surface area contributed by atoms with Gasteiger partial charge in [-0.1, -0.05) is 6.58 Å². The number of aromatic nitrogens is 4. The van der Waals surface area contributed by atoms with E-state index in [4.69, 9.17) is 0 Å². The van der Waals surface area contributed by atoms with Crippen molar-refractivity contribution >= 4 is 17.4 Å². The summed E-state index contributed by atoms with van der Waals surface area (Å²) >= 11 is 1.57. The van der Waals surface area contributed by atoms with Crippen molar-refractivity contribution in [1.82, 2.24) is 25.1 Å². The lowest BCUT2D eigenvalue weighted by atomic mass is 10.4. The van der Waals surface area contributed by atoms with Crippen LogP contribution in [0.15, 0.2) is 12.0 Å². The molecule has 5 nitrogen and oxygen atoms in total. The van der Waals surface area contributed by atoms with Crippen LogP contribution in [-0.4, -0.2) is 26.3 Å².